The van der Waals surface area contributed by atoms with Crippen LogP contribution in [0.4, 0.5) is 4.39 Å². The van der Waals surface area contributed by atoms with Crippen LogP contribution < -0.4 is 10.1 Å². The highest BCUT2D eigenvalue weighted by atomic mass is 35.5. The fraction of sp³-hybridized carbons (Fsp3) is 0.333. The highest BCUT2D eigenvalue weighted by molar-refractivity contribution is 6.34. The summed E-state index contributed by atoms with van der Waals surface area (Å²) in [6.07, 6.45) is 1.48. The largest absolute Gasteiger partial charge is 0.494 e. The van der Waals surface area contributed by atoms with Crippen LogP contribution in [-0.4, -0.2) is 45.0 Å². The lowest BCUT2D eigenvalue weighted by Crippen LogP contribution is -2.43. The Morgan fingerprint density at radius 1 is 1.12 bits per heavy atom. The molecule has 2 aromatic carbocycles. The van der Waals surface area contributed by atoms with Gasteiger partial charge in [0.2, 0.25) is 0 Å². The number of hydrogen-bond acceptors (Lipinski definition) is 7. The minimum absolute atomic E-state index is 0.132. The number of rotatable bonds is 8. The summed E-state index contributed by atoms with van der Waals surface area (Å²) in [5.74, 6) is -0.584. The van der Waals surface area contributed by atoms with Crippen LogP contribution in [0.25, 0.3) is 22.2 Å². The quantitative estimate of drug-likeness (QED) is 0.274. The van der Waals surface area contributed by atoms with E-state index in [0.717, 1.165) is 12.8 Å². The number of hydrogen-bond donors (Lipinski definition) is 3. The molecule has 4 aromatic rings. The van der Waals surface area contributed by atoms with Crippen molar-refractivity contribution >= 4 is 28.4 Å². The summed E-state index contributed by atoms with van der Waals surface area (Å²) in [5, 5.41) is 34.9. The van der Waals surface area contributed by atoms with Crippen LogP contribution in [0.1, 0.15) is 54.0 Å². The first kappa shape index (κ1) is 27.9. The van der Waals surface area contributed by atoms with Crippen molar-refractivity contribution in [3.8, 4) is 17.0 Å². The normalized spacial score (nSPS) is 15.1. The summed E-state index contributed by atoms with van der Waals surface area (Å²) in [6, 6.07) is 12.3. The summed E-state index contributed by atoms with van der Waals surface area (Å²) < 4.78 is 19.1. The summed E-state index contributed by atoms with van der Waals surface area (Å²) >= 11 is 6.69. The van der Waals surface area contributed by atoms with Crippen LogP contribution in [0.3, 0.4) is 0 Å². The van der Waals surface area contributed by atoms with E-state index in [1.807, 2.05) is 13.0 Å². The zero-order valence-electron chi connectivity index (χ0n) is 22.6. The third kappa shape index (κ3) is 5.37. The van der Waals surface area contributed by atoms with E-state index in [-0.39, 0.29) is 23.2 Å². The molecule has 0 radical (unpaired) electrons. The van der Waals surface area contributed by atoms with Crippen molar-refractivity contribution < 1.29 is 24.1 Å². The maximum absolute atomic E-state index is 13.6. The second kappa shape index (κ2) is 10.4. The van der Waals surface area contributed by atoms with Crippen LogP contribution in [0.5, 0.6) is 5.75 Å². The maximum Gasteiger partial charge on any atom is 0.251 e. The van der Waals surface area contributed by atoms with Crippen LogP contribution in [-0.2, 0) is 11.2 Å². The van der Waals surface area contributed by atoms with Gasteiger partial charge in [0, 0.05) is 22.1 Å². The van der Waals surface area contributed by atoms with Gasteiger partial charge in [0.25, 0.3) is 5.91 Å². The number of aliphatic hydroxyl groups is 2. The fourth-order valence-corrected chi connectivity index (χ4v) is 5.27. The van der Waals surface area contributed by atoms with Crippen molar-refractivity contribution in [1.29, 1.82) is 0 Å². The zero-order valence-corrected chi connectivity index (χ0v) is 23.4. The number of methoxy groups -OCH3 is 1. The number of nitrogens with one attached hydrogen (secondary N) is 1. The number of aryl methyl sites for hydroxylation is 1. The van der Waals surface area contributed by atoms with E-state index in [0.29, 0.717) is 44.7 Å². The lowest BCUT2D eigenvalue weighted by atomic mass is 9.88. The van der Waals surface area contributed by atoms with Crippen molar-refractivity contribution in [1.82, 2.24) is 20.5 Å². The highest BCUT2D eigenvalue weighted by Crippen LogP contribution is 2.47. The summed E-state index contributed by atoms with van der Waals surface area (Å²) in [7, 11) is 1.50. The zero-order chi connectivity index (χ0) is 28.8. The molecule has 10 heteroatoms. The Hall–Kier alpha value is -3.66. The van der Waals surface area contributed by atoms with Gasteiger partial charge in [-0.05, 0) is 88.1 Å². The van der Waals surface area contributed by atoms with Crippen LogP contribution in [0.2, 0.25) is 5.02 Å². The van der Waals surface area contributed by atoms with Crippen molar-refractivity contribution in [2.24, 2.45) is 5.92 Å². The average Bonchev–Trinajstić information content (AvgIpc) is 3.77. The highest BCUT2D eigenvalue weighted by Gasteiger charge is 2.47. The van der Waals surface area contributed by atoms with Gasteiger partial charge >= 0.3 is 0 Å². The topological polar surface area (TPSA) is 117 Å². The summed E-state index contributed by atoms with van der Waals surface area (Å²) in [5.41, 5.74) is 0.124. The molecule has 40 heavy (non-hydrogen) atoms. The first-order valence-electron chi connectivity index (χ1n) is 12.9. The molecule has 3 N–H and O–H groups in total. The van der Waals surface area contributed by atoms with E-state index in [9.17, 15) is 19.4 Å². The van der Waals surface area contributed by atoms with E-state index in [2.05, 4.69) is 15.5 Å². The molecule has 2 heterocycles. The number of halogens is 2. The number of ether oxygens (including phenoxy) is 1. The Morgan fingerprint density at radius 2 is 1.82 bits per heavy atom. The van der Waals surface area contributed by atoms with Gasteiger partial charge in [-0.15, -0.1) is 5.10 Å². The molecule has 1 atom stereocenters. The van der Waals surface area contributed by atoms with Gasteiger partial charge in [-0.3, -0.25) is 4.79 Å². The van der Waals surface area contributed by atoms with Gasteiger partial charge in [-0.25, -0.2) is 9.37 Å². The SMILES string of the molecule is COc1cc(C(=O)NCC(O)(c2cc(C(C)(C)O)c(Cl)c(-c3ccc(F)cc3)n2)C2CC2)cc2cc(C)nnc12. The van der Waals surface area contributed by atoms with Gasteiger partial charge in [-0.2, -0.15) is 5.10 Å². The standard InChI is InChI=1S/C30H30ClFN4O4/c1-16-11-18-12-19(13-23(40-4)26(18)36-35-16)28(37)33-15-30(39,20-7-8-20)24-14-22(29(2,3)38)25(31)27(34-24)17-5-9-21(32)10-6-17/h5-6,9-14,20,38-39H,7-8,15H2,1-4H3,(H,33,37). The molecule has 0 aliphatic heterocycles. The van der Waals surface area contributed by atoms with Gasteiger partial charge in [-0.1, -0.05) is 11.6 Å². The smallest absolute Gasteiger partial charge is 0.251 e. The minimum Gasteiger partial charge on any atom is -0.494 e. The molecule has 0 saturated heterocycles. The number of carbonyl (C=O) groups excluding carboxylic acids is 1. The van der Waals surface area contributed by atoms with E-state index in [1.54, 1.807) is 44.2 Å². The molecule has 5 rings (SSSR count). The number of benzene rings is 2. The predicted molar refractivity (Wildman–Crippen MR) is 150 cm³/mol. The van der Waals surface area contributed by atoms with Gasteiger partial charge in [0.1, 0.15) is 22.7 Å². The molecule has 208 valence electrons. The fourth-order valence-electron chi connectivity index (χ4n) is 4.83. The van der Waals surface area contributed by atoms with Gasteiger partial charge in [0.05, 0.1) is 41.4 Å². The molecule has 1 fully saturated rings. The minimum atomic E-state index is -1.54. The number of carbonyl (C=O) groups is 1. The van der Waals surface area contributed by atoms with Gasteiger partial charge in [0.15, 0.2) is 0 Å². The van der Waals surface area contributed by atoms with Crippen molar-refractivity contribution in [3.05, 3.63) is 81.9 Å². The molecular formula is C30H30ClFN4O4. The number of fused-ring (bicyclic) bond motifs is 1. The maximum atomic E-state index is 13.6. The van der Waals surface area contributed by atoms with Gasteiger partial charge < -0.3 is 20.3 Å². The Bertz CT molecular complexity index is 1600. The van der Waals surface area contributed by atoms with Crippen LogP contribution in [0, 0.1) is 18.7 Å². The number of pyridine rings is 1. The Kier molecular flexibility index (Phi) is 7.24. The summed E-state index contributed by atoms with van der Waals surface area (Å²) in [6.45, 7) is 4.85. The molecule has 1 amide bonds. The van der Waals surface area contributed by atoms with Crippen molar-refractivity contribution in [2.45, 2.75) is 44.8 Å². The predicted octanol–water partition coefficient (Wildman–Crippen LogP) is 5.06. The molecule has 2 aromatic heterocycles. The second-order valence-electron chi connectivity index (χ2n) is 10.8. The van der Waals surface area contributed by atoms with E-state index in [1.165, 1.54) is 19.2 Å². The molecule has 0 spiro atoms. The molecular weight excluding hydrogens is 535 g/mol. The monoisotopic (exact) mass is 564 g/mol. The molecule has 1 saturated carbocycles. The third-order valence-corrected chi connectivity index (χ3v) is 7.59. The molecule has 1 aliphatic rings. The Morgan fingerprint density at radius 3 is 2.45 bits per heavy atom. The molecule has 1 unspecified atom stereocenters. The van der Waals surface area contributed by atoms with Crippen molar-refractivity contribution in [3.63, 3.8) is 0 Å². The Labute approximate surface area is 236 Å². The van der Waals surface area contributed by atoms with E-state index < -0.39 is 22.9 Å². The lowest BCUT2D eigenvalue weighted by Gasteiger charge is -2.31. The molecule has 1 aliphatic carbocycles. The average molecular weight is 565 g/mol. The Balaban J connectivity index is 1.52. The van der Waals surface area contributed by atoms with Crippen molar-refractivity contribution in [2.75, 3.05) is 13.7 Å². The van der Waals surface area contributed by atoms with E-state index in [4.69, 9.17) is 21.3 Å². The summed E-state index contributed by atoms with van der Waals surface area (Å²) in [4.78, 5) is 18.0. The first-order chi connectivity index (χ1) is 18.9. The number of aromatic nitrogens is 3. The van der Waals surface area contributed by atoms with Crippen LogP contribution in [0.15, 0.2) is 48.5 Å². The second-order valence-corrected chi connectivity index (χ2v) is 11.1. The van der Waals surface area contributed by atoms with E-state index >= 15 is 0 Å². The third-order valence-electron chi connectivity index (χ3n) is 7.21. The van der Waals surface area contributed by atoms with Crippen LogP contribution >= 0.6 is 11.6 Å². The first-order valence-corrected chi connectivity index (χ1v) is 13.3. The lowest BCUT2D eigenvalue weighted by molar-refractivity contribution is 0.00889. The molecule has 0 bridgehead atoms. The molecule has 8 nitrogen and oxygen atoms in total. The number of nitrogens with zero attached hydrogens (tertiary/aromatic N) is 3. The number of amides is 1.